The Bertz CT molecular complexity index is 453. The van der Waals surface area contributed by atoms with Crippen molar-refractivity contribution in [3.63, 3.8) is 0 Å². The second-order valence-corrected chi connectivity index (χ2v) is 5.16. The van der Waals surface area contributed by atoms with Crippen molar-refractivity contribution in [2.45, 2.75) is 25.3 Å². The largest absolute Gasteiger partial charge is 0.467 e. The number of anilines is 2. The number of nitrogens with two attached hydrogens (primary N) is 1. The Labute approximate surface area is 114 Å². The number of hydrogen-bond acceptors (Lipinski definition) is 5. The molecule has 0 aliphatic carbocycles. The van der Waals surface area contributed by atoms with E-state index >= 15 is 0 Å². The zero-order chi connectivity index (χ0) is 13.1. The molecule has 98 valence electrons. The van der Waals surface area contributed by atoms with E-state index in [1.165, 1.54) is 7.11 Å². The van der Waals surface area contributed by atoms with E-state index in [0.29, 0.717) is 5.69 Å². The highest BCUT2D eigenvalue weighted by molar-refractivity contribution is 9.10. The molecule has 0 radical (unpaired) electrons. The third kappa shape index (κ3) is 2.58. The number of carbonyl (C=O) groups excluding carboxylic acids is 1. The molecule has 1 fully saturated rings. The first-order valence-electron chi connectivity index (χ1n) is 5.89. The third-order valence-electron chi connectivity index (χ3n) is 3.09. The van der Waals surface area contributed by atoms with Crippen LogP contribution in [0.5, 0.6) is 0 Å². The highest BCUT2D eigenvalue weighted by Gasteiger charge is 2.31. The van der Waals surface area contributed by atoms with E-state index in [-0.39, 0.29) is 12.0 Å². The van der Waals surface area contributed by atoms with Crippen molar-refractivity contribution in [1.29, 1.82) is 0 Å². The molecule has 0 amide bonds. The Balaban J connectivity index is 2.30. The number of pyridine rings is 1. The zero-order valence-corrected chi connectivity index (χ0v) is 11.8. The second-order valence-electron chi connectivity index (χ2n) is 4.30. The monoisotopic (exact) mass is 313 g/mol. The first kappa shape index (κ1) is 13.1. The van der Waals surface area contributed by atoms with Gasteiger partial charge in [0.05, 0.1) is 23.5 Å². The summed E-state index contributed by atoms with van der Waals surface area (Å²) in [7, 11) is 1.42. The number of methoxy groups -OCH3 is 1. The maximum atomic E-state index is 11.8. The van der Waals surface area contributed by atoms with Crippen LogP contribution in [0, 0.1) is 0 Å². The van der Waals surface area contributed by atoms with Crippen LogP contribution in [0.1, 0.15) is 19.3 Å². The third-order valence-corrected chi connectivity index (χ3v) is 3.67. The molecule has 5 nitrogen and oxygen atoms in total. The molecular weight excluding hydrogens is 298 g/mol. The van der Waals surface area contributed by atoms with Crippen LogP contribution in [0.2, 0.25) is 0 Å². The van der Waals surface area contributed by atoms with E-state index in [2.05, 4.69) is 20.9 Å². The van der Waals surface area contributed by atoms with Gasteiger partial charge in [0.1, 0.15) is 11.9 Å². The van der Waals surface area contributed by atoms with Gasteiger partial charge in [0.2, 0.25) is 0 Å². The summed E-state index contributed by atoms with van der Waals surface area (Å²) in [5.74, 6) is 0.541. The van der Waals surface area contributed by atoms with E-state index in [1.807, 2.05) is 4.90 Å². The number of carbonyl (C=O) groups is 1. The van der Waals surface area contributed by atoms with Crippen molar-refractivity contribution in [3.8, 4) is 0 Å². The van der Waals surface area contributed by atoms with Crippen LogP contribution in [-0.4, -0.2) is 30.6 Å². The van der Waals surface area contributed by atoms with Crippen molar-refractivity contribution in [2.75, 3.05) is 24.3 Å². The number of esters is 1. The molecule has 18 heavy (non-hydrogen) atoms. The average Bonchev–Trinajstić information content (AvgIpc) is 2.38. The fraction of sp³-hybridized carbons (Fsp3) is 0.500. The standard InChI is InChI=1S/C12H16BrN3O2/c1-18-12(17)10-4-2-3-5-16(10)11-9(13)6-8(14)7-15-11/h6-7,10H,2-5,14H2,1H3. The van der Waals surface area contributed by atoms with Gasteiger partial charge in [-0.15, -0.1) is 0 Å². The predicted octanol–water partition coefficient (Wildman–Crippen LogP) is 1.96. The molecule has 2 heterocycles. The zero-order valence-electron chi connectivity index (χ0n) is 10.2. The summed E-state index contributed by atoms with van der Waals surface area (Å²) in [4.78, 5) is 18.1. The summed E-state index contributed by atoms with van der Waals surface area (Å²) in [5, 5.41) is 0. The van der Waals surface area contributed by atoms with Crippen molar-refractivity contribution in [3.05, 3.63) is 16.7 Å². The van der Waals surface area contributed by atoms with Gasteiger partial charge in [-0.05, 0) is 41.3 Å². The van der Waals surface area contributed by atoms with Gasteiger partial charge in [0, 0.05) is 6.54 Å². The molecule has 1 saturated heterocycles. The van der Waals surface area contributed by atoms with Crippen molar-refractivity contribution in [2.24, 2.45) is 0 Å². The van der Waals surface area contributed by atoms with E-state index in [4.69, 9.17) is 10.5 Å². The quantitative estimate of drug-likeness (QED) is 0.845. The van der Waals surface area contributed by atoms with Crippen molar-refractivity contribution >= 4 is 33.4 Å². The van der Waals surface area contributed by atoms with Crippen LogP contribution in [-0.2, 0) is 9.53 Å². The first-order chi connectivity index (χ1) is 8.63. The van der Waals surface area contributed by atoms with Crippen LogP contribution >= 0.6 is 15.9 Å². The molecule has 0 aromatic carbocycles. The maximum absolute atomic E-state index is 11.8. The summed E-state index contributed by atoms with van der Waals surface area (Å²) < 4.78 is 5.66. The smallest absolute Gasteiger partial charge is 0.328 e. The summed E-state index contributed by atoms with van der Waals surface area (Å²) in [6.07, 6.45) is 4.48. The number of piperidine rings is 1. The van der Waals surface area contributed by atoms with Crippen molar-refractivity contribution < 1.29 is 9.53 Å². The lowest BCUT2D eigenvalue weighted by Gasteiger charge is -2.35. The SMILES string of the molecule is COC(=O)C1CCCCN1c1ncc(N)cc1Br. The molecule has 0 bridgehead atoms. The molecule has 1 aromatic rings. The average molecular weight is 314 g/mol. The Morgan fingerprint density at radius 1 is 1.61 bits per heavy atom. The Hall–Kier alpha value is -1.30. The molecule has 1 aromatic heterocycles. The topological polar surface area (TPSA) is 68.5 Å². The summed E-state index contributed by atoms with van der Waals surface area (Å²) >= 11 is 3.44. The van der Waals surface area contributed by atoms with Crippen LogP contribution in [0.4, 0.5) is 11.5 Å². The van der Waals surface area contributed by atoms with Gasteiger partial charge in [-0.25, -0.2) is 9.78 Å². The van der Waals surface area contributed by atoms with E-state index in [0.717, 1.165) is 36.1 Å². The highest BCUT2D eigenvalue weighted by atomic mass is 79.9. The normalized spacial score (nSPS) is 19.7. The fourth-order valence-electron chi connectivity index (χ4n) is 2.22. The number of nitrogens with zero attached hydrogens (tertiary/aromatic N) is 2. The van der Waals surface area contributed by atoms with Gasteiger partial charge in [-0.3, -0.25) is 0 Å². The van der Waals surface area contributed by atoms with E-state index < -0.39 is 0 Å². The molecule has 2 rings (SSSR count). The number of rotatable bonds is 2. The van der Waals surface area contributed by atoms with Crippen molar-refractivity contribution in [1.82, 2.24) is 4.98 Å². The fourth-order valence-corrected chi connectivity index (χ4v) is 2.82. The number of aromatic nitrogens is 1. The lowest BCUT2D eigenvalue weighted by Crippen LogP contribution is -2.46. The van der Waals surface area contributed by atoms with Crippen LogP contribution < -0.4 is 10.6 Å². The maximum Gasteiger partial charge on any atom is 0.328 e. The van der Waals surface area contributed by atoms with Crippen LogP contribution in [0.3, 0.4) is 0 Å². The van der Waals surface area contributed by atoms with Crippen LogP contribution in [0.15, 0.2) is 16.7 Å². The molecule has 0 spiro atoms. The molecule has 0 saturated carbocycles. The van der Waals surface area contributed by atoms with Gasteiger partial charge in [-0.1, -0.05) is 0 Å². The highest BCUT2D eigenvalue weighted by Crippen LogP contribution is 2.30. The summed E-state index contributed by atoms with van der Waals surface area (Å²) in [5.41, 5.74) is 6.27. The number of hydrogen-bond donors (Lipinski definition) is 1. The van der Waals surface area contributed by atoms with E-state index in [9.17, 15) is 4.79 Å². The van der Waals surface area contributed by atoms with Gasteiger partial charge in [-0.2, -0.15) is 0 Å². The van der Waals surface area contributed by atoms with Gasteiger partial charge >= 0.3 is 5.97 Å². The lowest BCUT2D eigenvalue weighted by atomic mass is 10.0. The Kier molecular flexibility index (Phi) is 4.06. The predicted molar refractivity (Wildman–Crippen MR) is 73.4 cm³/mol. The molecule has 1 atom stereocenters. The van der Waals surface area contributed by atoms with Gasteiger partial charge in [0.15, 0.2) is 0 Å². The van der Waals surface area contributed by atoms with Gasteiger partial charge in [0.25, 0.3) is 0 Å². The molecule has 2 N–H and O–H groups in total. The molecule has 1 aliphatic heterocycles. The molecule has 1 aliphatic rings. The Morgan fingerprint density at radius 3 is 3.06 bits per heavy atom. The minimum atomic E-state index is -0.254. The van der Waals surface area contributed by atoms with Crippen LogP contribution in [0.25, 0.3) is 0 Å². The molecule has 6 heteroatoms. The van der Waals surface area contributed by atoms with Gasteiger partial charge < -0.3 is 15.4 Å². The minimum absolute atomic E-state index is 0.208. The Morgan fingerprint density at radius 2 is 2.39 bits per heavy atom. The number of ether oxygens (including phenoxy) is 1. The number of halogens is 1. The molecular formula is C12H16BrN3O2. The second kappa shape index (κ2) is 5.56. The lowest BCUT2D eigenvalue weighted by molar-refractivity contribution is -0.142. The number of nitrogen functional groups attached to an aromatic ring is 1. The molecule has 1 unspecified atom stereocenters. The minimum Gasteiger partial charge on any atom is -0.467 e. The first-order valence-corrected chi connectivity index (χ1v) is 6.68. The summed E-state index contributed by atoms with van der Waals surface area (Å²) in [6.45, 7) is 0.801. The summed E-state index contributed by atoms with van der Waals surface area (Å²) in [6, 6.07) is 1.54. The van der Waals surface area contributed by atoms with E-state index in [1.54, 1.807) is 12.3 Å².